The van der Waals surface area contributed by atoms with Crippen molar-refractivity contribution < 1.29 is 14.3 Å². The van der Waals surface area contributed by atoms with E-state index in [2.05, 4.69) is 5.32 Å². The highest BCUT2D eigenvalue weighted by Crippen LogP contribution is 2.25. The van der Waals surface area contributed by atoms with Crippen LogP contribution in [-0.2, 0) is 4.79 Å². The number of hydrogen-bond donors (Lipinski definition) is 2. The SMILES string of the molecule is CC(=O)Nc1ccc(Oc2ccc(C=O)cc2)cc1C=N. The second kappa shape index (κ2) is 6.47. The van der Waals surface area contributed by atoms with E-state index in [0.717, 1.165) is 12.5 Å². The number of carbonyl (C=O) groups is 2. The van der Waals surface area contributed by atoms with Gasteiger partial charge in [0.15, 0.2) is 0 Å². The predicted octanol–water partition coefficient (Wildman–Crippen LogP) is 3.25. The van der Waals surface area contributed by atoms with Gasteiger partial charge in [0.2, 0.25) is 5.91 Å². The largest absolute Gasteiger partial charge is 0.457 e. The van der Waals surface area contributed by atoms with Crippen LogP contribution < -0.4 is 10.1 Å². The lowest BCUT2D eigenvalue weighted by Gasteiger charge is -2.10. The molecule has 2 rings (SSSR count). The van der Waals surface area contributed by atoms with Gasteiger partial charge in [-0.2, -0.15) is 0 Å². The molecule has 2 aromatic rings. The molecule has 0 aliphatic heterocycles. The Hall–Kier alpha value is -2.95. The first-order chi connectivity index (χ1) is 10.1. The third-order valence-electron chi connectivity index (χ3n) is 2.74. The fourth-order valence-electron chi connectivity index (χ4n) is 1.78. The molecule has 0 heterocycles. The van der Waals surface area contributed by atoms with Gasteiger partial charge in [-0.05, 0) is 42.5 Å². The van der Waals surface area contributed by atoms with Crippen molar-refractivity contribution in [3.05, 3.63) is 53.6 Å². The third kappa shape index (κ3) is 3.76. The topological polar surface area (TPSA) is 79.2 Å². The van der Waals surface area contributed by atoms with Crippen LogP contribution >= 0.6 is 0 Å². The van der Waals surface area contributed by atoms with Gasteiger partial charge in [0.25, 0.3) is 0 Å². The monoisotopic (exact) mass is 282 g/mol. The van der Waals surface area contributed by atoms with Crippen molar-refractivity contribution in [2.75, 3.05) is 5.32 Å². The standard InChI is InChI=1S/C16H14N2O3/c1-11(20)18-16-7-6-15(8-13(16)9-17)21-14-4-2-12(10-19)3-5-14/h2-10,17H,1H3,(H,18,20). The molecule has 2 aromatic carbocycles. The van der Waals surface area contributed by atoms with Crippen LogP contribution in [0.15, 0.2) is 42.5 Å². The van der Waals surface area contributed by atoms with Crippen molar-refractivity contribution in [1.82, 2.24) is 0 Å². The van der Waals surface area contributed by atoms with Crippen molar-refractivity contribution >= 4 is 24.1 Å². The van der Waals surface area contributed by atoms with Crippen LogP contribution in [0.5, 0.6) is 11.5 Å². The number of aldehydes is 1. The molecule has 1 amide bonds. The smallest absolute Gasteiger partial charge is 0.221 e. The second-order valence-electron chi connectivity index (χ2n) is 4.36. The summed E-state index contributed by atoms with van der Waals surface area (Å²) < 4.78 is 5.65. The zero-order valence-electron chi connectivity index (χ0n) is 11.4. The number of benzene rings is 2. The maximum Gasteiger partial charge on any atom is 0.221 e. The first kappa shape index (κ1) is 14.5. The highest BCUT2D eigenvalue weighted by Gasteiger charge is 2.05. The van der Waals surface area contributed by atoms with Crippen LogP contribution in [0.25, 0.3) is 0 Å². The summed E-state index contributed by atoms with van der Waals surface area (Å²) in [6.07, 6.45) is 1.91. The number of carbonyl (C=O) groups excluding carboxylic acids is 2. The zero-order valence-corrected chi connectivity index (χ0v) is 11.4. The summed E-state index contributed by atoms with van der Waals surface area (Å²) in [5.41, 5.74) is 1.68. The maximum absolute atomic E-state index is 11.1. The van der Waals surface area contributed by atoms with Crippen LogP contribution in [0.1, 0.15) is 22.8 Å². The molecule has 5 heteroatoms. The molecule has 2 N–H and O–H groups in total. The molecule has 0 radical (unpaired) electrons. The fraction of sp³-hybridized carbons (Fsp3) is 0.0625. The van der Waals surface area contributed by atoms with Gasteiger partial charge in [-0.25, -0.2) is 0 Å². The van der Waals surface area contributed by atoms with Crippen molar-refractivity contribution in [3.8, 4) is 11.5 Å². The highest BCUT2D eigenvalue weighted by molar-refractivity contribution is 5.96. The van der Waals surface area contributed by atoms with E-state index in [1.165, 1.54) is 6.92 Å². The van der Waals surface area contributed by atoms with Gasteiger partial charge in [0.1, 0.15) is 17.8 Å². The number of anilines is 1. The molecule has 0 unspecified atom stereocenters. The summed E-state index contributed by atoms with van der Waals surface area (Å²) in [4.78, 5) is 21.7. The lowest BCUT2D eigenvalue weighted by molar-refractivity contribution is -0.114. The summed E-state index contributed by atoms with van der Waals surface area (Å²) in [5, 5.41) is 10.0. The van der Waals surface area contributed by atoms with Crippen LogP contribution in [0.3, 0.4) is 0 Å². The molecule has 0 bridgehead atoms. The molecular weight excluding hydrogens is 268 g/mol. The van der Waals surface area contributed by atoms with Gasteiger partial charge in [-0.3, -0.25) is 9.59 Å². The van der Waals surface area contributed by atoms with Gasteiger partial charge >= 0.3 is 0 Å². The molecule has 5 nitrogen and oxygen atoms in total. The van der Waals surface area contributed by atoms with Crippen molar-refractivity contribution in [3.63, 3.8) is 0 Å². The zero-order chi connectivity index (χ0) is 15.2. The fourth-order valence-corrected chi connectivity index (χ4v) is 1.78. The first-order valence-corrected chi connectivity index (χ1v) is 6.27. The summed E-state index contributed by atoms with van der Waals surface area (Å²) >= 11 is 0. The van der Waals surface area contributed by atoms with Crippen LogP contribution in [-0.4, -0.2) is 18.4 Å². The quantitative estimate of drug-likeness (QED) is 0.652. The Morgan fingerprint density at radius 2 is 1.81 bits per heavy atom. The molecule has 0 aliphatic rings. The Morgan fingerprint density at radius 3 is 2.38 bits per heavy atom. The first-order valence-electron chi connectivity index (χ1n) is 6.27. The van der Waals surface area contributed by atoms with Gasteiger partial charge in [-0.1, -0.05) is 0 Å². The van der Waals surface area contributed by atoms with E-state index >= 15 is 0 Å². The Bertz CT molecular complexity index is 678. The Kier molecular flexibility index (Phi) is 4.46. The maximum atomic E-state index is 11.1. The van der Waals surface area contributed by atoms with E-state index in [4.69, 9.17) is 10.1 Å². The van der Waals surface area contributed by atoms with E-state index in [1.54, 1.807) is 42.5 Å². The highest BCUT2D eigenvalue weighted by atomic mass is 16.5. The molecular formula is C16H14N2O3. The average Bonchev–Trinajstić information content (AvgIpc) is 2.49. The number of ether oxygens (including phenoxy) is 1. The molecule has 0 aliphatic carbocycles. The van der Waals surface area contributed by atoms with E-state index in [9.17, 15) is 9.59 Å². The summed E-state index contributed by atoms with van der Waals surface area (Å²) in [6, 6.07) is 11.7. The van der Waals surface area contributed by atoms with Crippen molar-refractivity contribution in [2.24, 2.45) is 0 Å². The van der Waals surface area contributed by atoms with Crippen molar-refractivity contribution in [1.29, 1.82) is 5.41 Å². The van der Waals surface area contributed by atoms with Gasteiger partial charge in [0.05, 0.1) is 0 Å². The van der Waals surface area contributed by atoms with Crippen LogP contribution in [0.4, 0.5) is 5.69 Å². The molecule has 0 saturated heterocycles. The van der Waals surface area contributed by atoms with E-state index in [-0.39, 0.29) is 5.91 Å². The molecule has 21 heavy (non-hydrogen) atoms. The molecule has 106 valence electrons. The summed E-state index contributed by atoms with van der Waals surface area (Å²) in [5.74, 6) is 0.932. The normalized spacial score (nSPS) is 9.76. The lowest BCUT2D eigenvalue weighted by atomic mass is 10.1. The number of amides is 1. The molecule has 0 aromatic heterocycles. The third-order valence-corrected chi connectivity index (χ3v) is 2.74. The second-order valence-corrected chi connectivity index (χ2v) is 4.36. The Labute approximate surface area is 122 Å². The van der Waals surface area contributed by atoms with E-state index in [1.807, 2.05) is 0 Å². The summed E-state index contributed by atoms with van der Waals surface area (Å²) in [6.45, 7) is 1.41. The molecule has 0 atom stereocenters. The molecule has 0 fully saturated rings. The minimum Gasteiger partial charge on any atom is -0.457 e. The van der Waals surface area contributed by atoms with E-state index < -0.39 is 0 Å². The van der Waals surface area contributed by atoms with Crippen LogP contribution in [0.2, 0.25) is 0 Å². The molecule has 0 saturated carbocycles. The number of hydrogen-bond acceptors (Lipinski definition) is 4. The van der Waals surface area contributed by atoms with Crippen molar-refractivity contribution in [2.45, 2.75) is 6.92 Å². The minimum atomic E-state index is -0.198. The Morgan fingerprint density at radius 1 is 1.14 bits per heavy atom. The van der Waals surface area contributed by atoms with E-state index in [0.29, 0.717) is 28.3 Å². The predicted molar refractivity (Wildman–Crippen MR) is 80.5 cm³/mol. The van der Waals surface area contributed by atoms with Gasteiger partial charge in [0, 0.05) is 30.0 Å². The van der Waals surface area contributed by atoms with Crippen LogP contribution in [0, 0.1) is 5.41 Å². The summed E-state index contributed by atoms with van der Waals surface area (Å²) in [7, 11) is 0. The number of nitrogens with one attached hydrogen (secondary N) is 2. The number of rotatable bonds is 5. The lowest BCUT2D eigenvalue weighted by Crippen LogP contribution is -2.07. The van der Waals surface area contributed by atoms with Gasteiger partial charge < -0.3 is 15.5 Å². The molecule has 0 spiro atoms. The minimum absolute atomic E-state index is 0.198. The Balaban J connectivity index is 2.21. The average molecular weight is 282 g/mol. The van der Waals surface area contributed by atoms with Gasteiger partial charge in [-0.15, -0.1) is 0 Å².